The van der Waals surface area contributed by atoms with Crippen molar-refractivity contribution in [3.8, 4) is 0 Å². The molecule has 0 aromatic heterocycles. The highest BCUT2D eigenvalue weighted by molar-refractivity contribution is 6.30. The average Bonchev–Trinajstić information content (AvgIpc) is 2.99. The van der Waals surface area contributed by atoms with Crippen LogP contribution in [0, 0.1) is 11.7 Å². The van der Waals surface area contributed by atoms with Gasteiger partial charge in [0.25, 0.3) is 0 Å². The second-order valence-electron chi connectivity index (χ2n) is 5.92. The van der Waals surface area contributed by atoms with Gasteiger partial charge in [0.15, 0.2) is 0 Å². The standard InChI is InChI=1S/C16H22ClFN2.2ClH/c17-14-7-3-6-13(15(14)18)16(12-4-1-2-5-12)20-10-8-19-9-11-20;;/h3,6-7,12,16,19H,1-2,4-5,8-11H2;2*1H/t16-;;/m0../s1. The molecule has 126 valence electrons. The molecule has 0 spiro atoms. The van der Waals surface area contributed by atoms with Crippen LogP contribution in [0.2, 0.25) is 5.02 Å². The molecular weight excluding hydrogens is 346 g/mol. The molecule has 1 saturated heterocycles. The van der Waals surface area contributed by atoms with Crippen molar-refractivity contribution in [1.29, 1.82) is 0 Å². The molecule has 0 amide bonds. The normalized spacial score (nSPS) is 21.0. The lowest BCUT2D eigenvalue weighted by atomic mass is 9.89. The highest BCUT2D eigenvalue weighted by Crippen LogP contribution is 2.41. The van der Waals surface area contributed by atoms with Crippen molar-refractivity contribution in [3.05, 3.63) is 34.6 Å². The lowest BCUT2D eigenvalue weighted by Gasteiger charge is -2.38. The van der Waals surface area contributed by atoms with Crippen molar-refractivity contribution < 1.29 is 4.39 Å². The summed E-state index contributed by atoms with van der Waals surface area (Å²) in [5, 5.41) is 3.63. The van der Waals surface area contributed by atoms with E-state index in [0.717, 1.165) is 31.7 Å². The van der Waals surface area contributed by atoms with Crippen LogP contribution in [0.25, 0.3) is 0 Å². The summed E-state index contributed by atoms with van der Waals surface area (Å²) in [5.74, 6) is 0.352. The summed E-state index contributed by atoms with van der Waals surface area (Å²) in [6, 6.07) is 5.64. The maximum atomic E-state index is 14.5. The van der Waals surface area contributed by atoms with Crippen molar-refractivity contribution in [2.45, 2.75) is 31.7 Å². The summed E-state index contributed by atoms with van der Waals surface area (Å²) in [7, 11) is 0. The van der Waals surface area contributed by atoms with Gasteiger partial charge in [-0.25, -0.2) is 4.39 Å². The minimum Gasteiger partial charge on any atom is -0.314 e. The number of piperazine rings is 1. The molecule has 0 unspecified atom stereocenters. The molecule has 2 nitrogen and oxygen atoms in total. The van der Waals surface area contributed by atoms with Gasteiger partial charge in [-0.3, -0.25) is 4.90 Å². The van der Waals surface area contributed by atoms with Crippen LogP contribution in [0.5, 0.6) is 0 Å². The molecule has 6 heteroatoms. The predicted octanol–water partition coefficient (Wildman–Crippen LogP) is 4.46. The van der Waals surface area contributed by atoms with Crippen LogP contribution in [0.4, 0.5) is 4.39 Å². The third kappa shape index (κ3) is 4.27. The number of benzene rings is 1. The third-order valence-corrected chi connectivity index (χ3v) is 4.98. The van der Waals surface area contributed by atoms with Crippen molar-refractivity contribution in [1.82, 2.24) is 10.2 Å². The van der Waals surface area contributed by atoms with Gasteiger partial charge in [0, 0.05) is 37.8 Å². The lowest BCUT2D eigenvalue weighted by molar-refractivity contribution is 0.122. The summed E-state index contributed by atoms with van der Waals surface area (Å²) >= 11 is 6.00. The maximum absolute atomic E-state index is 14.5. The Bertz CT molecular complexity index is 461. The molecule has 1 aliphatic heterocycles. The zero-order valence-electron chi connectivity index (χ0n) is 12.6. The molecule has 1 atom stereocenters. The minimum atomic E-state index is -0.218. The monoisotopic (exact) mass is 368 g/mol. The lowest BCUT2D eigenvalue weighted by Crippen LogP contribution is -2.46. The summed E-state index contributed by atoms with van der Waals surface area (Å²) in [5.41, 5.74) is 0.798. The van der Waals surface area contributed by atoms with E-state index in [9.17, 15) is 4.39 Å². The van der Waals surface area contributed by atoms with Gasteiger partial charge in [-0.05, 0) is 24.8 Å². The molecule has 0 bridgehead atoms. The topological polar surface area (TPSA) is 15.3 Å². The van der Waals surface area contributed by atoms with Crippen LogP contribution >= 0.6 is 36.4 Å². The summed E-state index contributed by atoms with van der Waals surface area (Å²) in [6.07, 6.45) is 4.96. The molecule has 1 aromatic carbocycles. The molecule has 1 heterocycles. The molecule has 3 rings (SSSR count). The van der Waals surface area contributed by atoms with Crippen LogP contribution in [-0.2, 0) is 0 Å². The molecule has 1 aliphatic carbocycles. The van der Waals surface area contributed by atoms with Crippen molar-refractivity contribution in [3.63, 3.8) is 0 Å². The Morgan fingerprint density at radius 1 is 1.14 bits per heavy atom. The Labute approximate surface area is 149 Å². The Morgan fingerprint density at radius 2 is 1.77 bits per heavy atom. The number of nitrogens with one attached hydrogen (secondary N) is 1. The number of rotatable bonds is 3. The van der Waals surface area contributed by atoms with Crippen LogP contribution in [0.3, 0.4) is 0 Å². The summed E-state index contributed by atoms with van der Waals surface area (Å²) < 4.78 is 14.5. The van der Waals surface area contributed by atoms with Crippen molar-refractivity contribution in [2.24, 2.45) is 5.92 Å². The smallest absolute Gasteiger partial charge is 0.146 e. The van der Waals surface area contributed by atoms with Gasteiger partial charge in [0.1, 0.15) is 5.82 Å². The fraction of sp³-hybridized carbons (Fsp3) is 0.625. The van der Waals surface area contributed by atoms with Gasteiger partial charge in [-0.1, -0.05) is 36.6 Å². The van der Waals surface area contributed by atoms with E-state index in [-0.39, 0.29) is 41.7 Å². The van der Waals surface area contributed by atoms with Crippen LogP contribution in [0.15, 0.2) is 18.2 Å². The molecule has 1 N–H and O–H groups in total. The van der Waals surface area contributed by atoms with E-state index in [2.05, 4.69) is 10.2 Å². The number of nitrogens with zero attached hydrogens (tertiary/aromatic N) is 1. The molecule has 2 aliphatic rings. The highest BCUT2D eigenvalue weighted by atomic mass is 35.5. The van der Waals surface area contributed by atoms with E-state index in [1.807, 2.05) is 12.1 Å². The second-order valence-corrected chi connectivity index (χ2v) is 6.33. The van der Waals surface area contributed by atoms with E-state index in [0.29, 0.717) is 5.92 Å². The summed E-state index contributed by atoms with van der Waals surface area (Å²) in [6.45, 7) is 3.97. The van der Waals surface area contributed by atoms with Gasteiger partial charge in [0.05, 0.1) is 5.02 Å². The zero-order chi connectivity index (χ0) is 13.9. The maximum Gasteiger partial charge on any atom is 0.146 e. The Morgan fingerprint density at radius 3 is 2.41 bits per heavy atom. The van der Waals surface area contributed by atoms with Gasteiger partial charge < -0.3 is 5.32 Å². The van der Waals surface area contributed by atoms with Gasteiger partial charge >= 0.3 is 0 Å². The van der Waals surface area contributed by atoms with Gasteiger partial charge in [-0.15, -0.1) is 24.8 Å². The van der Waals surface area contributed by atoms with E-state index >= 15 is 0 Å². The number of halogens is 4. The molecule has 0 radical (unpaired) electrons. The Kier molecular flexibility index (Phi) is 8.44. The molecule has 2 fully saturated rings. The Balaban J connectivity index is 0.00000121. The third-order valence-electron chi connectivity index (χ3n) is 4.69. The molecule has 22 heavy (non-hydrogen) atoms. The van der Waals surface area contributed by atoms with E-state index < -0.39 is 0 Å². The van der Waals surface area contributed by atoms with E-state index in [4.69, 9.17) is 11.6 Å². The largest absolute Gasteiger partial charge is 0.314 e. The van der Waals surface area contributed by atoms with Crippen molar-refractivity contribution >= 4 is 36.4 Å². The first-order chi connectivity index (χ1) is 9.77. The second kappa shape index (κ2) is 9.29. The molecule has 1 saturated carbocycles. The first-order valence-electron chi connectivity index (χ1n) is 7.66. The van der Waals surface area contributed by atoms with Gasteiger partial charge in [0.2, 0.25) is 0 Å². The quantitative estimate of drug-likeness (QED) is 0.846. The fourth-order valence-electron chi connectivity index (χ4n) is 3.73. The SMILES string of the molecule is Cl.Cl.Fc1c(Cl)cccc1[C@H](C1CCCC1)N1CCNCC1. The van der Waals surface area contributed by atoms with E-state index in [1.54, 1.807) is 6.07 Å². The highest BCUT2D eigenvalue weighted by Gasteiger charge is 2.33. The first kappa shape index (κ1) is 20.0. The Hall–Kier alpha value is -0.0600. The molecule has 1 aromatic rings. The van der Waals surface area contributed by atoms with Crippen LogP contribution < -0.4 is 5.32 Å². The zero-order valence-corrected chi connectivity index (χ0v) is 15.0. The predicted molar refractivity (Wildman–Crippen MR) is 95.0 cm³/mol. The fourth-order valence-corrected chi connectivity index (χ4v) is 3.91. The summed E-state index contributed by atoms with van der Waals surface area (Å²) in [4.78, 5) is 2.45. The number of hydrogen-bond acceptors (Lipinski definition) is 2. The molecular formula is C16H24Cl3FN2. The van der Waals surface area contributed by atoms with Crippen LogP contribution in [0.1, 0.15) is 37.3 Å². The van der Waals surface area contributed by atoms with Crippen LogP contribution in [-0.4, -0.2) is 31.1 Å². The average molecular weight is 370 g/mol. The van der Waals surface area contributed by atoms with Gasteiger partial charge in [-0.2, -0.15) is 0 Å². The number of hydrogen-bond donors (Lipinski definition) is 1. The minimum absolute atomic E-state index is 0. The first-order valence-corrected chi connectivity index (χ1v) is 8.04. The van der Waals surface area contributed by atoms with Crippen molar-refractivity contribution in [2.75, 3.05) is 26.2 Å². The van der Waals surface area contributed by atoms with E-state index in [1.165, 1.54) is 25.7 Å².